The third-order valence-corrected chi connectivity index (χ3v) is 4.21. The van der Waals surface area contributed by atoms with Crippen LogP contribution in [0.4, 0.5) is 4.79 Å². The summed E-state index contributed by atoms with van der Waals surface area (Å²) in [5.74, 6) is 0. The summed E-state index contributed by atoms with van der Waals surface area (Å²) in [5.41, 5.74) is 0. The first kappa shape index (κ1) is 16.6. The number of rotatable bonds is 4. The summed E-state index contributed by atoms with van der Waals surface area (Å²) in [6.07, 6.45) is 1.75. The van der Waals surface area contributed by atoms with Crippen molar-refractivity contribution >= 4 is 22.4 Å². The highest BCUT2D eigenvalue weighted by molar-refractivity contribution is 7.87. The number of nitrogens with zero attached hydrogens (tertiary/aromatic N) is 2. The minimum absolute atomic E-state index is 0.195. The van der Waals surface area contributed by atoms with E-state index in [0.717, 1.165) is 17.1 Å². The Bertz CT molecular complexity index is 484. The minimum Gasteiger partial charge on any atom is -0.446 e. The molecule has 20 heavy (non-hydrogen) atoms. The molecule has 1 unspecified atom stereocenters. The first-order chi connectivity index (χ1) is 9.36. The van der Waals surface area contributed by atoms with Crippen LogP contribution in [-0.4, -0.2) is 43.7 Å². The molecule has 1 amide bonds. The Hall–Kier alpha value is -1.44. The summed E-state index contributed by atoms with van der Waals surface area (Å²) < 4.78 is 31.8. The number of hydrogen-bond donors (Lipinski definition) is 1. The standard InChI is InChI=1S/C11H19N3O5S/c1-9(2)19-11(16)13-20(17,18)14-7-5-3-4-6-10(14)12-8-15/h9-10H,3-7H2,1-2H3,(H,13,16). The monoisotopic (exact) mass is 305 g/mol. The summed E-state index contributed by atoms with van der Waals surface area (Å²) in [6.45, 7) is 3.41. The van der Waals surface area contributed by atoms with Gasteiger partial charge in [0.15, 0.2) is 0 Å². The summed E-state index contributed by atoms with van der Waals surface area (Å²) in [7, 11) is -4.09. The van der Waals surface area contributed by atoms with E-state index in [1.165, 1.54) is 6.08 Å². The minimum atomic E-state index is -4.09. The van der Waals surface area contributed by atoms with Crippen molar-refractivity contribution in [2.24, 2.45) is 4.99 Å². The average molecular weight is 305 g/mol. The molecule has 0 radical (unpaired) electrons. The number of carbonyl (C=O) groups excluding carboxylic acids is 2. The molecule has 1 N–H and O–H groups in total. The quantitative estimate of drug-likeness (QED) is 0.613. The number of aliphatic imine (C=N–C) groups is 1. The smallest absolute Gasteiger partial charge is 0.422 e. The highest BCUT2D eigenvalue weighted by atomic mass is 32.2. The molecule has 0 bridgehead atoms. The van der Waals surface area contributed by atoms with Gasteiger partial charge in [0.05, 0.1) is 6.10 Å². The zero-order valence-corrected chi connectivity index (χ0v) is 12.4. The Morgan fingerprint density at radius 3 is 2.70 bits per heavy atom. The van der Waals surface area contributed by atoms with Gasteiger partial charge in [0.2, 0.25) is 6.08 Å². The van der Waals surface area contributed by atoms with Gasteiger partial charge in [-0.3, -0.25) is 0 Å². The summed E-state index contributed by atoms with van der Waals surface area (Å²) in [4.78, 5) is 25.3. The molecule has 8 nitrogen and oxygen atoms in total. The molecule has 1 aliphatic heterocycles. The summed E-state index contributed by atoms with van der Waals surface area (Å²) >= 11 is 0. The van der Waals surface area contributed by atoms with Crippen molar-refractivity contribution in [2.45, 2.75) is 51.8 Å². The van der Waals surface area contributed by atoms with Gasteiger partial charge >= 0.3 is 16.3 Å². The fourth-order valence-corrected chi connectivity index (χ4v) is 3.15. The van der Waals surface area contributed by atoms with Crippen LogP contribution >= 0.6 is 0 Å². The largest absolute Gasteiger partial charge is 0.446 e. The maximum Gasteiger partial charge on any atom is 0.422 e. The number of isocyanates is 1. The van der Waals surface area contributed by atoms with Crippen molar-refractivity contribution in [3.8, 4) is 0 Å². The van der Waals surface area contributed by atoms with Gasteiger partial charge in [0, 0.05) is 6.54 Å². The van der Waals surface area contributed by atoms with Crippen LogP contribution < -0.4 is 4.72 Å². The Morgan fingerprint density at radius 2 is 2.10 bits per heavy atom. The lowest BCUT2D eigenvalue weighted by Crippen LogP contribution is -2.48. The molecule has 1 atom stereocenters. The van der Waals surface area contributed by atoms with Gasteiger partial charge in [-0.25, -0.2) is 14.3 Å². The third-order valence-electron chi connectivity index (χ3n) is 2.74. The van der Waals surface area contributed by atoms with Crippen molar-refractivity contribution in [3.63, 3.8) is 0 Å². The number of nitrogens with one attached hydrogen (secondary N) is 1. The van der Waals surface area contributed by atoms with Crippen LogP contribution in [0.1, 0.15) is 39.5 Å². The Kier molecular flexibility index (Phi) is 6.12. The van der Waals surface area contributed by atoms with Crippen LogP contribution in [0.15, 0.2) is 4.99 Å². The number of ether oxygens (including phenoxy) is 1. The molecule has 0 aromatic rings. The first-order valence-electron chi connectivity index (χ1n) is 6.44. The van der Waals surface area contributed by atoms with Gasteiger partial charge < -0.3 is 4.74 Å². The predicted octanol–water partition coefficient (Wildman–Crippen LogP) is 0.904. The lowest BCUT2D eigenvalue weighted by molar-refractivity contribution is 0.120. The normalized spacial score (nSPS) is 20.9. The Balaban J connectivity index is 2.86. The van der Waals surface area contributed by atoms with E-state index in [-0.39, 0.29) is 6.54 Å². The molecule has 0 spiro atoms. The molecule has 0 saturated carbocycles. The highest BCUT2D eigenvalue weighted by Crippen LogP contribution is 2.20. The predicted molar refractivity (Wildman–Crippen MR) is 70.8 cm³/mol. The SMILES string of the molecule is CC(C)OC(=O)NS(=O)(=O)N1CCCCCC1N=C=O. The van der Waals surface area contributed by atoms with Crippen LogP contribution in [0.25, 0.3) is 0 Å². The number of amides is 1. The maximum absolute atomic E-state index is 12.1. The fourth-order valence-electron chi connectivity index (χ4n) is 1.94. The van der Waals surface area contributed by atoms with E-state index < -0.39 is 28.6 Å². The van der Waals surface area contributed by atoms with Crippen molar-refractivity contribution in [1.82, 2.24) is 9.03 Å². The molecule has 114 valence electrons. The zero-order chi connectivity index (χ0) is 15.2. The van der Waals surface area contributed by atoms with E-state index in [2.05, 4.69) is 4.99 Å². The lowest BCUT2D eigenvalue weighted by atomic mass is 10.2. The van der Waals surface area contributed by atoms with Crippen molar-refractivity contribution in [2.75, 3.05) is 6.54 Å². The highest BCUT2D eigenvalue weighted by Gasteiger charge is 2.32. The van der Waals surface area contributed by atoms with Gasteiger partial charge in [-0.15, -0.1) is 0 Å². The molecule has 1 rings (SSSR count). The van der Waals surface area contributed by atoms with Crippen molar-refractivity contribution < 1.29 is 22.7 Å². The maximum atomic E-state index is 12.1. The zero-order valence-electron chi connectivity index (χ0n) is 11.5. The lowest BCUT2D eigenvalue weighted by Gasteiger charge is -2.24. The van der Waals surface area contributed by atoms with E-state index in [0.29, 0.717) is 12.8 Å². The molecule has 1 heterocycles. The first-order valence-corrected chi connectivity index (χ1v) is 7.88. The van der Waals surface area contributed by atoms with Crippen LogP contribution in [0, 0.1) is 0 Å². The average Bonchev–Trinajstić information content (AvgIpc) is 2.53. The number of carbonyl (C=O) groups is 1. The molecular weight excluding hydrogens is 286 g/mol. The molecule has 0 aromatic heterocycles. The van der Waals surface area contributed by atoms with Crippen LogP contribution in [0.5, 0.6) is 0 Å². The Morgan fingerprint density at radius 1 is 1.40 bits per heavy atom. The molecule has 1 aliphatic rings. The number of hydrogen-bond acceptors (Lipinski definition) is 6. The third kappa shape index (κ3) is 4.92. The van der Waals surface area contributed by atoms with Gasteiger partial charge in [0.25, 0.3) is 0 Å². The van der Waals surface area contributed by atoms with Gasteiger partial charge in [0.1, 0.15) is 6.17 Å². The summed E-state index contributed by atoms with van der Waals surface area (Å²) in [6, 6.07) is 0. The molecule has 9 heteroatoms. The van der Waals surface area contributed by atoms with Gasteiger partial charge in [-0.05, 0) is 33.1 Å². The molecule has 0 aromatic carbocycles. The van der Waals surface area contributed by atoms with E-state index in [1.54, 1.807) is 13.8 Å². The molecule has 1 saturated heterocycles. The topological polar surface area (TPSA) is 105 Å². The van der Waals surface area contributed by atoms with E-state index in [1.807, 2.05) is 4.72 Å². The molecular formula is C11H19N3O5S. The van der Waals surface area contributed by atoms with Crippen molar-refractivity contribution in [3.05, 3.63) is 0 Å². The molecule has 1 fully saturated rings. The second kappa shape index (κ2) is 7.37. The van der Waals surface area contributed by atoms with E-state index in [4.69, 9.17) is 4.74 Å². The van der Waals surface area contributed by atoms with Gasteiger partial charge in [-0.1, -0.05) is 6.42 Å². The summed E-state index contributed by atoms with van der Waals surface area (Å²) in [5, 5.41) is 0. The fraction of sp³-hybridized carbons (Fsp3) is 0.818. The van der Waals surface area contributed by atoms with Crippen LogP contribution in [0.2, 0.25) is 0 Å². The Labute approximate surface area is 118 Å². The van der Waals surface area contributed by atoms with E-state index >= 15 is 0 Å². The second-order valence-corrected chi connectivity index (χ2v) is 6.35. The van der Waals surface area contributed by atoms with Crippen molar-refractivity contribution in [1.29, 1.82) is 0 Å². The molecule has 0 aliphatic carbocycles. The van der Waals surface area contributed by atoms with E-state index in [9.17, 15) is 18.0 Å². The van der Waals surface area contributed by atoms with Crippen LogP contribution in [-0.2, 0) is 19.7 Å². The van der Waals surface area contributed by atoms with Crippen LogP contribution in [0.3, 0.4) is 0 Å². The second-order valence-electron chi connectivity index (χ2n) is 4.72. The van der Waals surface area contributed by atoms with Gasteiger partial charge in [-0.2, -0.15) is 17.7 Å².